The molecule has 2 amide bonds. The molecule has 0 bridgehead atoms. The maximum atomic E-state index is 13.9. The number of carbonyl (C=O) groups excluding carboxylic acids is 2. The average molecular weight is 458 g/mol. The van der Waals surface area contributed by atoms with E-state index in [-0.39, 0.29) is 38.0 Å². The van der Waals surface area contributed by atoms with E-state index in [1.54, 1.807) is 0 Å². The Balaban J connectivity index is 1.84. The van der Waals surface area contributed by atoms with Crippen LogP contribution in [0.25, 0.3) is 0 Å². The van der Waals surface area contributed by atoms with E-state index in [2.05, 4.69) is 10.6 Å². The van der Waals surface area contributed by atoms with Gasteiger partial charge in [-0.1, -0.05) is 23.2 Å². The molecule has 9 heteroatoms. The van der Waals surface area contributed by atoms with E-state index in [0.717, 1.165) is 12.1 Å². The molecule has 0 fully saturated rings. The van der Waals surface area contributed by atoms with E-state index < -0.39 is 29.5 Å². The summed E-state index contributed by atoms with van der Waals surface area (Å²) in [4.78, 5) is 25.3. The van der Waals surface area contributed by atoms with Gasteiger partial charge in [0.15, 0.2) is 0 Å². The summed E-state index contributed by atoms with van der Waals surface area (Å²) in [5, 5.41) is 14.9. The van der Waals surface area contributed by atoms with Crippen molar-refractivity contribution in [3.63, 3.8) is 0 Å². The molecule has 1 aliphatic rings. The minimum atomic E-state index is -0.871. The Morgan fingerprint density at radius 1 is 1.06 bits per heavy atom. The Bertz CT molecular complexity index is 1280. The summed E-state index contributed by atoms with van der Waals surface area (Å²) >= 11 is 12.0. The SMILES string of the molecule is N#Cc1cc(NC(=O)c2cc(F)cc(Cl)c2)c2c(c1)C(=O)NC2c1cc(F)ccc1Cl. The van der Waals surface area contributed by atoms with E-state index in [0.29, 0.717) is 5.56 Å². The Hall–Kier alpha value is -3.47. The Kier molecular flexibility index (Phi) is 5.36. The molecule has 0 radical (unpaired) electrons. The number of hydrogen-bond donors (Lipinski definition) is 2. The number of amides is 2. The smallest absolute Gasteiger partial charge is 0.255 e. The second kappa shape index (κ2) is 7.99. The van der Waals surface area contributed by atoms with Crippen LogP contribution in [0.3, 0.4) is 0 Å². The lowest BCUT2D eigenvalue weighted by atomic mass is 9.94. The molecule has 3 aromatic rings. The minimum Gasteiger partial charge on any atom is -0.341 e. The highest BCUT2D eigenvalue weighted by molar-refractivity contribution is 6.31. The Morgan fingerprint density at radius 2 is 1.84 bits per heavy atom. The molecule has 31 heavy (non-hydrogen) atoms. The summed E-state index contributed by atoms with van der Waals surface area (Å²) in [5.41, 5.74) is 0.918. The second-order valence-electron chi connectivity index (χ2n) is 6.78. The predicted molar refractivity (Wildman–Crippen MR) is 111 cm³/mol. The molecule has 1 atom stereocenters. The van der Waals surface area contributed by atoms with Crippen LogP contribution in [0.2, 0.25) is 10.0 Å². The van der Waals surface area contributed by atoms with Gasteiger partial charge in [0.25, 0.3) is 11.8 Å². The monoisotopic (exact) mass is 457 g/mol. The molecule has 0 saturated carbocycles. The molecular formula is C22H11Cl2F2N3O2. The summed E-state index contributed by atoms with van der Waals surface area (Å²) in [6.45, 7) is 0. The number of fused-ring (bicyclic) bond motifs is 1. The van der Waals surface area contributed by atoms with Crippen molar-refractivity contribution in [3.8, 4) is 6.07 Å². The lowest BCUT2D eigenvalue weighted by Crippen LogP contribution is -2.21. The summed E-state index contributed by atoms with van der Waals surface area (Å²) < 4.78 is 27.5. The maximum absolute atomic E-state index is 13.9. The molecule has 0 saturated heterocycles. The fourth-order valence-electron chi connectivity index (χ4n) is 3.45. The first-order valence-electron chi connectivity index (χ1n) is 8.88. The molecule has 1 heterocycles. The van der Waals surface area contributed by atoms with Gasteiger partial charge in [-0.25, -0.2) is 8.78 Å². The number of nitrogens with zero attached hydrogens (tertiary/aromatic N) is 1. The van der Waals surface area contributed by atoms with Crippen molar-refractivity contribution >= 4 is 40.7 Å². The van der Waals surface area contributed by atoms with E-state index >= 15 is 0 Å². The van der Waals surface area contributed by atoms with Crippen molar-refractivity contribution in [3.05, 3.63) is 98.0 Å². The Morgan fingerprint density at radius 3 is 2.55 bits per heavy atom. The first-order valence-corrected chi connectivity index (χ1v) is 9.63. The molecule has 3 aromatic carbocycles. The van der Waals surface area contributed by atoms with Crippen molar-refractivity contribution in [2.75, 3.05) is 5.32 Å². The van der Waals surface area contributed by atoms with E-state index in [1.807, 2.05) is 6.07 Å². The van der Waals surface area contributed by atoms with Crippen LogP contribution >= 0.6 is 23.2 Å². The van der Waals surface area contributed by atoms with Crippen LogP contribution in [0.15, 0.2) is 48.5 Å². The molecule has 2 N–H and O–H groups in total. The molecule has 4 rings (SSSR count). The summed E-state index contributed by atoms with van der Waals surface area (Å²) in [7, 11) is 0. The lowest BCUT2D eigenvalue weighted by Gasteiger charge is -2.18. The van der Waals surface area contributed by atoms with Gasteiger partial charge >= 0.3 is 0 Å². The van der Waals surface area contributed by atoms with Gasteiger partial charge in [0, 0.05) is 38.0 Å². The zero-order valence-corrected chi connectivity index (χ0v) is 17.0. The minimum absolute atomic E-state index is 0.0300. The first-order chi connectivity index (χ1) is 14.8. The van der Waals surface area contributed by atoms with Crippen LogP contribution in [0.5, 0.6) is 0 Å². The number of halogens is 4. The van der Waals surface area contributed by atoms with Gasteiger partial charge < -0.3 is 10.6 Å². The van der Waals surface area contributed by atoms with Crippen LogP contribution in [-0.2, 0) is 0 Å². The average Bonchev–Trinajstić information content (AvgIpc) is 3.05. The predicted octanol–water partition coefficient (Wildman–Crippen LogP) is 5.23. The van der Waals surface area contributed by atoms with Crippen molar-refractivity contribution in [1.29, 1.82) is 5.26 Å². The maximum Gasteiger partial charge on any atom is 0.255 e. The van der Waals surface area contributed by atoms with Gasteiger partial charge in [-0.15, -0.1) is 0 Å². The molecule has 0 aliphatic carbocycles. The quantitative estimate of drug-likeness (QED) is 0.564. The molecule has 0 aromatic heterocycles. The van der Waals surface area contributed by atoms with Crippen LogP contribution < -0.4 is 10.6 Å². The highest BCUT2D eigenvalue weighted by Gasteiger charge is 2.34. The molecular weight excluding hydrogens is 447 g/mol. The fourth-order valence-corrected chi connectivity index (χ4v) is 3.90. The Labute approximate surface area is 185 Å². The normalized spacial score (nSPS) is 14.5. The van der Waals surface area contributed by atoms with Crippen LogP contribution in [0.4, 0.5) is 14.5 Å². The third kappa shape index (κ3) is 3.96. The van der Waals surface area contributed by atoms with E-state index in [4.69, 9.17) is 23.2 Å². The molecule has 1 unspecified atom stereocenters. The zero-order chi connectivity index (χ0) is 22.3. The summed E-state index contributed by atoms with van der Waals surface area (Å²) in [5.74, 6) is -2.48. The first kappa shape index (κ1) is 20.8. The number of rotatable bonds is 3. The number of anilines is 1. The number of nitrogens with one attached hydrogen (secondary N) is 2. The van der Waals surface area contributed by atoms with Crippen molar-refractivity contribution in [2.45, 2.75) is 6.04 Å². The number of benzene rings is 3. The lowest BCUT2D eigenvalue weighted by molar-refractivity contribution is 0.0959. The number of hydrogen-bond acceptors (Lipinski definition) is 3. The van der Waals surface area contributed by atoms with E-state index in [1.165, 1.54) is 36.4 Å². The number of carbonyl (C=O) groups is 2. The van der Waals surface area contributed by atoms with Gasteiger partial charge in [-0.3, -0.25) is 9.59 Å². The molecule has 0 spiro atoms. The van der Waals surface area contributed by atoms with Gasteiger partial charge in [-0.2, -0.15) is 5.26 Å². The summed E-state index contributed by atoms with van der Waals surface area (Å²) in [6.07, 6.45) is 0. The molecule has 5 nitrogen and oxygen atoms in total. The summed E-state index contributed by atoms with van der Waals surface area (Å²) in [6, 6.07) is 10.8. The third-order valence-corrected chi connectivity index (χ3v) is 5.32. The second-order valence-corrected chi connectivity index (χ2v) is 7.63. The van der Waals surface area contributed by atoms with Gasteiger partial charge in [0.1, 0.15) is 11.6 Å². The van der Waals surface area contributed by atoms with Crippen molar-refractivity contribution in [2.24, 2.45) is 0 Å². The van der Waals surface area contributed by atoms with Gasteiger partial charge in [0.05, 0.1) is 17.7 Å². The van der Waals surface area contributed by atoms with Crippen molar-refractivity contribution < 1.29 is 18.4 Å². The van der Waals surface area contributed by atoms with Crippen LogP contribution in [-0.4, -0.2) is 11.8 Å². The highest BCUT2D eigenvalue weighted by Crippen LogP contribution is 2.40. The standard InChI is InChI=1S/C22H11Cl2F2N3O2/c23-12-5-11(6-14(26)7-12)21(30)28-18-4-10(9-27)3-16-19(18)20(29-22(16)31)15-8-13(25)1-2-17(15)24/h1-8,20H,(H,28,30)(H,29,31). The van der Waals surface area contributed by atoms with Gasteiger partial charge in [-0.05, 0) is 48.5 Å². The largest absolute Gasteiger partial charge is 0.341 e. The molecule has 154 valence electrons. The van der Waals surface area contributed by atoms with E-state index in [9.17, 15) is 23.6 Å². The topological polar surface area (TPSA) is 82.0 Å². The zero-order valence-electron chi connectivity index (χ0n) is 15.5. The third-order valence-electron chi connectivity index (χ3n) is 4.76. The number of nitriles is 1. The highest BCUT2D eigenvalue weighted by atomic mass is 35.5. The van der Waals surface area contributed by atoms with Crippen LogP contribution in [0, 0.1) is 23.0 Å². The van der Waals surface area contributed by atoms with Crippen LogP contribution in [0.1, 0.15) is 43.4 Å². The van der Waals surface area contributed by atoms with Crippen molar-refractivity contribution in [1.82, 2.24) is 5.32 Å². The fraction of sp³-hybridized carbons (Fsp3) is 0.0455. The van der Waals surface area contributed by atoms with Gasteiger partial charge in [0.2, 0.25) is 0 Å². The molecule has 1 aliphatic heterocycles.